The minimum Gasteiger partial charge on any atom is -0.492 e. The van der Waals surface area contributed by atoms with E-state index < -0.39 is 6.35 Å². The Hall–Kier alpha value is -3.20. The monoisotopic (exact) mass is 528 g/mol. The summed E-state index contributed by atoms with van der Waals surface area (Å²) in [7, 11) is 3.65. The SMILES string of the molecule is C=C/C(C)=C\C(=C)OCCOC1N(C)C2=C(/C(=C/CC)N(CCO)C(=O)N2C)N1Cc1ccc(Cl)cc1. The van der Waals surface area contributed by atoms with Crippen LogP contribution in [-0.4, -0.2) is 77.5 Å². The third-order valence-corrected chi connectivity index (χ3v) is 6.39. The molecule has 0 aromatic heterocycles. The van der Waals surface area contributed by atoms with Crippen molar-refractivity contribution in [2.24, 2.45) is 0 Å². The molecule has 0 saturated heterocycles. The van der Waals surface area contributed by atoms with Gasteiger partial charge >= 0.3 is 6.03 Å². The molecule has 2 aliphatic rings. The van der Waals surface area contributed by atoms with Crippen LogP contribution in [0.3, 0.4) is 0 Å². The lowest BCUT2D eigenvalue weighted by atomic mass is 10.1. The molecule has 9 heteroatoms. The van der Waals surface area contributed by atoms with Crippen LogP contribution in [0, 0.1) is 0 Å². The first-order valence-corrected chi connectivity index (χ1v) is 12.7. The van der Waals surface area contributed by atoms with E-state index >= 15 is 0 Å². The third kappa shape index (κ3) is 6.39. The molecular formula is C28H37ClN4O4. The molecule has 1 aromatic rings. The van der Waals surface area contributed by atoms with E-state index in [0.717, 1.165) is 34.8 Å². The van der Waals surface area contributed by atoms with Crippen molar-refractivity contribution in [1.82, 2.24) is 19.6 Å². The largest absolute Gasteiger partial charge is 0.492 e. The normalized spacial score (nSPS) is 19.2. The van der Waals surface area contributed by atoms with Crippen LogP contribution in [-0.2, 0) is 16.0 Å². The highest BCUT2D eigenvalue weighted by molar-refractivity contribution is 6.30. The van der Waals surface area contributed by atoms with Crippen molar-refractivity contribution in [2.45, 2.75) is 33.2 Å². The highest BCUT2D eigenvalue weighted by atomic mass is 35.5. The summed E-state index contributed by atoms with van der Waals surface area (Å²) in [5.74, 6) is 1.28. The van der Waals surface area contributed by atoms with Crippen molar-refractivity contribution in [3.63, 3.8) is 0 Å². The van der Waals surface area contributed by atoms with Gasteiger partial charge in [-0.25, -0.2) is 4.79 Å². The minimum atomic E-state index is -0.493. The third-order valence-electron chi connectivity index (χ3n) is 6.14. The van der Waals surface area contributed by atoms with E-state index in [1.807, 2.05) is 62.2 Å². The molecule has 1 unspecified atom stereocenters. The Morgan fingerprint density at radius 3 is 2.54 bits per heavy atom. The van der Waals surface area contributed by atoms with Gasteiger partial charge in [0.25, 0.3) is 0 Å². The number of allylic oxidation sites excluding steroid dienone is 4. The molecule has 1 atom stereocenters. The second-order valence-electron chi connectivity index (χ2n) is 8.86. The molecule has 2 aliphatic heterocycles. The summed E-state index contributed by atoms with van der Waals surface area (Å²) in [6.45, 7) is 12.8. The fourth-order valence-corrected chi connectivity index (χ4v) is 4.55. The number of aliphatic hydroxyl groups excluding tert-OH is 1. The van der Waals surface area contributed by atoms with Crippen molar-refractivity contribution in [3.05, 3.63) is 94.8 Å². The average molecular weight is 529 g/mol. The molecule has 0 bridgehead atoms. The van der Waals surface area contributed by atoms with Gasteiger partial charge in [-0.2, -0.15) is 0 Å². The number of carbonyl (C=O) groups is 1. The maximum atomic E-state index is 13.3. The average Bonchev–Trinajstić information content (AvgIpc) is 3.14. The first kappa shape index (κ1) is 28.4. The number of hydrogen-bond donors (Lipinski definition) is 1. The van der Waals surface area contributed by atoms with Gasteiger partial charge in [0.15, 0.2) is 0 Å². The summed E-state index contributed by atoms with van der Waals surface area (Å²) in [6.07, 6.45) is 5.81. The van der Waals surface area contributed by atoms with Gasteiger partial charge in [0, 0.05) is 25.7 Å². The van der Waals surface area contributed by atoms with E-state index in [1.54, 1.807) is 22.9 Å². The number of β-amino-alcohol motifs (C(OH)–C–C–N with tert-alkyl or cyclic N) is 1. The summed E-state index contributed by atoms with van der Waals surface area (Å²) in [4.78, 5) is 20.6. The second-order valence-corrected chi connectivity index (χ2v) is 9.29. The first-order chi connectivity index (χ1) is 17.7. The predicted octanol–water partition coefficient (Wildman–Crippen LogP) is 4.87. The number of nitrogens with zero attached hydrogens (tertiary/aromatic N) is 4. The van der Waals surface area contributed by atoms with E-state index in [4.69, 9.17) is 21.1 Å². The second kappa shape index (κ2) is 12.9. The molecule has 1 N–H and O–H groups in total. The van der Waals surface area contributed by atoms with Gasteiger partial charge in [0.1, 0.15) is 23.9 Å². The molecule has 0 fully saturated rings. The Morgan fingerprint density at radius 1 is 1.22 bits per heavy atom. The molecule has 0 aliphatic carbocycles. The Bertz CT molecular complexity index is 1100. The Morgan fingerprint density at radius 2 is 1.92 bits per heavy atom. The maximum Gasteiger partial charge on any atom is 0.330 e. The van der Waals surface area contributed by atoms with E-state index in [1.165, 1.54) is 0 Å². The predicted molar refractivity (Wildman–Crippen MR) is 146 cm³/mol. The lowest BCUT2D eigenvalue weighted by Gasteiger charge is -2.38. The molecule has 0 spiro atoms. The number of ether oxygens (including phenoxy) is 2. The van der Waals surface area contributed by atoms with Crippen LogP contribution in [0.25, 0.3) is 0 Å². The quantitative estimate of drug-likeness (QED) is 0.237. The van der Waals surface area contributed by atoms with Gasteiger partial charge in [-0.15, -0.1) is 0 Å². The van der Waals surface area contributed by atoms with E-state index in [9.17, 15) is 9.90 Å². The molecule has 0 radical (unpaired) electrons. The van der Waals surface area contributed by atoms with Crippen LogP contribution in [0.4, 0.5) is 4.79 Å². The Kier molecular flexibility index (Phi) is 9.86. The zero-order valence-corrected chi connectivity index (χ0v) is 22.9. The van der Waals surface area contributed by atoms with Gasteiger partial charge in [-0.3, -0.25) is 9.80 Å². The summed E-state index contributed by atoms with van der Waals surface area (Å²) < 4.78 is 12.1. The van der Waals surface area contributed by atoms with Crippen molar-refractivity contribution in [1.29, 1.82) is 0 Å². The van der Waals surface area contributed by atoms with Crippen LogP contribution >= 0.6 is 11.6 Å². The molecule has 2 heterocycles. The minimum absolute atomic E-state index is 0.142. The highest BCUT2D eigenvalue weighted by Gasteiger charge is 2.47. The zero-order chi connectivity index (χ0) is 27.1. The zero-order valence-electron chi connectivity index (χ0n) is 22.1. The lowest BCUT2D eigenvalue weighted by Crippen LogP contribution is -2.48. The van der Waals surface area contributed by atoms with Crippen molar-refractivity contribution >= 4 is 17.6 Å². The smallest absolute Gasteiger partial charge is 0.330 e. The van der Waals surface area contributed by atoms with Crippen LogP contribution in [0.5, 0.6) is 0 Å². The van der Waals surface area contributed by atoms with Crippen LogP contribution in [0.1, 0.15) is 25.8 Å². The number of hydrogen-bond acceptors (Lipinski definition) is 6. The number of halogens is 1. The molecular weight excluding hydrogens is 492 g/mol. The summed E-state index contributed by atoms with van der Waals surface area (Å²) >= 11 is 6.13. The molecule has 0 saturated carbocycles. The van der Waals surface area contributed by atoms with E-state index in [2.05, 4.69) is 18.1 Å². The summed E-state index contributed by atoms with van der Waals surface area (Å²) in [5.41, 5.74) is 3.63. The fraction of sp³-hybridized carbons (Fsp3) is 0.393. The van der Waals surface area contributed by atoms with E-state index in [-0.39, 0.29) is 19.2 Å². The summed E-state index contributed by atoms with van der Waals surface area (Å²) in [6, 6.07) is 7.47. The lowest BCUT2D eigenvalue weighted by molar-refractivity contribution is -0.115. The number of carbonyl (C=O) groups excluding carboxylic acids is 1. The van der Waals surface area contributed by atoms with Gasteiger partial charge in [0.2, 0.25) is 6.35 Å². The van der Waals surface area contributed by atoms with Crippen LogP contribution in [0.15, 0.2) is 84.2 Å². The molecule has 1 aromatic carbocycles. The van der Waals surface area contributed by atoms with Crippen LogP contribution < -0.4 is 0 Å². The van der Waals surface area contributed by atoms with E-state index in [0.29, 0.717) is 30.5 Å². The van der Waals surface area contributed by atoms with Gasteiger partial charge in [0.05, 0.1) is 25.5 Å². The van der Waals surface area contributed by atoms with Gasteiger partial charge in [-0.05, 0) is 42.7 Å². The van der Waals surface area contributed by atoms with Gasteiger partial charge in [-0.1, -0.05) is 56.0 Å². The van der Waals surface area contributed by atoms with Crippen molar-refractivity contribution in [3.8, 4) is 0 Å². The number of urea groups is 1. The molecule has 37 heavy (non-hydrogen) atoms. The molecule has 8 nitrogen and oxygen atoms in total. The topological polar surface area (TPSA) is 68.7 Å². The van der Waals surface area contributed by atoms with Gasteiger partial charge < -0.3 is 24.4 Å². The number of benzene rings is 1. The fourth-order valence-electron chi connectivity index (χ4n) is 4.42. The van der Waals surface area contributed by atoms with Crippen molar-refractivity contribution < 1.29 is 19.4 Å². The number of aliphatic hydroxyl groups is 1. The summed E-state index contributed by atoms with van der Waals surface area (Å²) in [5, 5.41) is 10.4. The molecule has 200 valence electrons. The standard InChI is InChI=1S/C28H37ClN4O4/c1-7-9-24-25-26(30(5)27(35)32(24)14-15-34)31(6)28(33(25)19-22-10-12-23(29)13-11-22)37-17-16-36-21(4)18-20(3)8-2/h8-13,18,28,34H,2,4,7,14-17,19H2,1,3,5-6H3/b20-18-,24-9-. The van der Waals surface area contributed by atoms with Crippen molar-refractivity contribution in [2.75, 3.05) is 40.5 Å². The maximum absolute atomic E-state index is 13.3. The highest BCUT2D eigenvalue weighted by Crippen LogP contribution is 2.41. The number of amides is 2. The number of rotatable bonds is 12. The molecule has 2 amide bonds. The first-order valence-electron chi connectivity index (χ1n) is 12.3. The molecule has 3 rings (SSSR count). The van der Waals surface area contributed by atoms with Crippen LogP contribution in [0.2, 0.25) is 5.02 Å². The Labute approximate surface area is 225 Å². The Balaban J connectivity index is 1.91.